The van der Waals surface area contributed by atoms with Crippen molar-refractivity contribution in [1.29, 1.82) is 0 Å². The van der Waals surface area contributed by atoms with Gasteiger partial charge in [-0.2, -0.15) is 0 Å². The molecule has 0 aliphatic heterocycles. The Hall–Kier alpha value is -4.84. The van der Waals surface area contributed by atoms with Gasteiger partial charge in [0.2, 0.25) is 0 Å². The van der Waals surface area contributed by atoms with Crippen molar-refractivity contribution < 1.29 is 19.1 Å². The lowest BCUT2D eigenvalue weighted by atomic mass is 9.98. The lowest BCUT2D eigenvalue weighted by Gasteiger charge is -2.18. The molecule has 37 heavy (non-hydrogen) atoms. The second kappa shape index (κ2) is 10.4. The van der Waals surface area contributed by atoms with Gasteiger partial charge < -0.3 is 10.1 Å². The standard InChI is InChI=1S/C31H24N2O4/c1-37-31(36)27(19-20-15-17-22(18-16-20)29(34)21-9-3-2-4-10-21)33-30(35)28-23-11-5-7-13-25(23)32-26-14-8-6-12-24(26)28/h2-18,27H,19H2,1H3,(H,33,35)/t27-/m0/s1. The Morgan fingerprint density at radius 3 is 1.86 bits per heavy atom. The third kappa shape index (κ3) is 4.95. The number of nitrogens with zero attached hydrogens (tertiary/aromatic N) is 1. The molecular weight excluding hydrogens is 464 g/mol. The summed E-state index contributed by atoms with van der Waals surface area (Å²) in [5.74, 6) is -1.03. The van der Waals surface area contributed by atoms with Crippen LogP contribution < -0.4 is 5.32 Å². The minimum atomic E-state index is -0.918. The Balaban J connectivity index is 1.42. The van der Waals surface area contributed by atoms with Gasteiger partial charge >= 0.3 is 5.97 Å². The second-order valence-electron chi connectivity index (χ2n) is 8.67. The maximum Gasteiger partial charge on any atom is 0.328 e. The van der Waals surface area contributed by atoms with Crippen molar-refractivity contribution in [3.8, 4) is 0 Å². The van der Waals surface area contributed by atoms with E-state index in [9.17, 15) is 14.4 Å². The van der Waals surface area contributed by atoms with Crippen molar-refractivity contribution in [3.05, 3.63) is 125 Å². The third-order valence-electron chi connectivity index (χ3n) is 6.30. The number of nitrogens with one attached hydrogen (secondary N) is 1. The van der Waals surface area contributed by atoms with Gasteiger partial charge in [0, 0.05) is 28.3 Å². The molecule has 0 radical (unpaired) electrons. The van der Waals surface area contributed by atoms with Crippen LogP contribution in [-0.2, 0) is 16.0 Å². The summed E-state index contributed by atoms with van der Waals surface area (Å²) in [6, 6.07) is 30.0. The summed E-state index contributed by atoms with van der Waals surface area (Å²) < 4.78 is 5.00. The highest BCUT2D eigenvalue weighted by atomic mass is 16.5. The Morgan fingerprint density at radius 1 is 0.730 bits per heavy atom. The van der Waals surface area contributed by atoms with E-state index in [-0.39, 0.29) is 18.1 Å². The van der Waals surface area contributed by atoms with Crippen LogP contribution in [0, 0.1) is 0 Å². The number of esters is 1. The molecule has 1 N–H and O–H groups in total. The van der Waals surface area contributed by atoms with E-state index in [4.69, 9.17) is 4.74 Å². The van der Waals surface area contributed by atoms with Crippen molar-refractivity contribution in [1.82, 2.24) is 10.3 Å². The molecule has 5 aromatic rings. The highest BCUT2D eigenvalue weighted by molar-refractivity contribution is 6.16. The Kier molecular flexibility index (Phi) is 6.72. The molecule has 0 aliphatic rings. The van der Waals surface area contributed by atoms with E-state index in [0.717, 1.165) is 5.56 Å². The fourth-order valence-corrected chi connectivity index (χ4v) is 4.43. The second-order valence-corrected chi connectivity index (χ2v) is 8.67. The van der Waals surface area contributed by atoms with Crippen molar-refractivity contribution in [2.75, 3.05) is 7.11 Å². The number of para-hydroxylation sites is 2. The smallest absolute Gasteiger partial charge is 0.328 e. The Labute approximate surface area is 213 Å². The topological polar surface area (TPSA) is 85.4 Å². The molecule has 0 bridgehead atoms. The molecule has 6 nitrogen and oxygen atoms in total. The number of amides is 1. The maximum absolute atomic E-state index is 13.6. The van der Waals surface area contributed by atoms with Gasteiger partial charge in [-0.05, 0) is 17.7 Å². The summed E-state index contributed by atoms with van der Waals surface area (Å²) in [4.78, 5) is 43.6. The molecule has 0 saturated carbocycles. The molecule has 5 rings (SSSR count). The molecule has 1 heterocycles. The zero-order valence-corrected chi connectivity index (χ0v) is 20.2. The van der Waals surface area contributed by atoms with Gasteiger partial charge in [0.15, 0.2) is 5.78 Å². The average Bonchev–Trinajstić information content (AvgIpc) is 2.95. The highest BCUT2D eigenvalue weighted by Crippen LogP contribution is 2.26. The van der Waals surface area contributed by atoms with E-state index in [0.29, 0.717) is 38.5 Å². The monoisotopic (exact) mass is 488 g/mol. The van der Waals surface area contributed by atoms with Crippen molar-refractivity contribution in [3.63, 3.8) is 0 Å². The average molecular weight is 489 g/mol. The lowest BCUT2D eigenvalue weighted by molar-refractivity contribution is -0.142. The van der Waals surface area contributed by atoms with Crippen molar-refractivity contribution >= 4 is 39.5 Å². The molecule has 1 amide bonds. The number of aromatic nitrogens is 1. The maximum atomic E-state index is 13.6. The largest absolute Gasteiger partial charge is 0.467 e. The summed E-state index contributed by atoms with van der Waals surface area (Å²) in [7, 11) is 1.29. The minimum absolute atomic E-state index is 0.0820. The SMILES string of the molecule is COC(=O)[C@H](Cc1ccc(C(=O)c2ccccc2)cc1)NC(=O)c1c2ccccc2nc2ccccc12. The normalized spacial score (nSPS) is 11.7. The first-order chi connectivity index (χ1) is 18.0. The summed E-state index contributed by atoms with van der Waals surface area (Å²) in [5.41, 5.74) is 3.78. The van der Waals surface area contributed by atoms with Crippen LogP contribution in [0.1, 0.15) is 31.8 Å². The summed E-state index contributed by atoms with van der Waals surface area (Å²) >= 11 is 0. The van der Waals surface area contributed by atoms with Crippen LogP contribution in [0.25, 0.3) is 21.8 Å². The predicted molar refractivity (Wildman–Crippen MR) is 143 cm³/mol. The molecular formula is C31H24N2O4. The fraction of sp³-hybridized carbons (Fsp3) is 0.0968. The number of hydrogen-bond acceptors (Lipinski definition) is 5. The van der Waals surface area contributed by atoms with Crippen LogP contribution in [0.15, 0.2) is 103 Å². The number of carbonyl (C=O) groups excluding carboxylic acids is 3. The zero-order valence-electron chi connectivity index (χ0n) is 20.2. The molecule has 0 spiro atoms. The fourth-order valence-electron chi connectivity index (χ4n) is 4.43. The first kappa shape index (κ1) is 23.9. The van der Waals surface area contributed by atoms with Gasteiger partial charge in [0.25, 0.3) is 5.91 Å². The number of pyridine rings is 1. The minimum Gasteiger partial charge on any atom is -0.467 e. The van der Waals surface area contributed by atoms with Crippen LogP contribution in [0.5, 0.6) is 0 Å². The summed E-state index contributed by atoms with van der Waals surface area (Å²) in [5, 5.41) is 4.27. The molecule has 1 aromatic heterocycles. The number of rotatable bonds is 7. The van der Waals surface area contributed by atoms with Gasteiger partial charge in [-0.15, -0.1) is 0 Å². The third-order valence-corrected chi connectivity index (χ3v) is 6.30. The van der Waals surface area contributed by atoms with Crippen LogP contribution in [0.2, 0.25) is 0 Å². The van der Waals surface area contributed by atoms with Gasteiger partial charge in [-0.25, -0.2) is 9.78 Å². The number of hydrogen-bond donors (Lipinski definition) is 1. The quantitative estimate of drug-likeness (QED) is 0.195. The number of ketones is 1. The van der Waals surface area contributed by atoms with Gasteiger partial charge in [-0.3, -0.25) is 9.59 Å². The van der Waals surface area contributed by atoms with Crippen molar-refractivity contribution in [2.24, 2.45) is 0 Å². The molecule has 182 valence electrons. The lowest BCUT2D eigenvalue weighted by Crippen LogP contribution is -2.43. The molecule has 0 saturated heterocycles. The van der Waals surface area contributed by atoms with Gasteiger partial charge in [0.05, 0.1) is 23.7 Å². The van der Waals surface area contributed by atoms with Crippen LogP contribution >= 0.6 is 0 Å². The molecule has 0 unspecified atom stereocenters. The first-order valence-electron chi connectivity index (χ1n) is 11.9. The summed E-state index contributed by atoms with van der Waals surface area (Å²) in [6.45, 7) is 0. The highest BCUT2D eigenvalue weighted by Gasteiger charge is 2.25. The number of ether oxygens (including phenoxy) is 1. The number of benzene rings is 4. The van der Waals surface area contributed by atoms with Crippen LogP contribution in [0.4, 0.5) is 0 Å². The van der Waals surface area contributed by atoms with E-state index >= 15 is 0 Å². The molecule has 4 aromatic carbocycles. The Morgan fingerprint density at radius 2 is 1.27 bits per heavy atom. The molecule has 0 aliphatic carbocycles. The number of fused-ring (bicyclic) bond motifs is 2. The predicted octanol–water partition coefficient (Wildman–Crippen LogP) is 5.13. The van der Waals surface area contributed by atoms with Gasteiger partial charge in [-0.1, -0.05) is 91.0 Å². The zero-order chi connectivity index (χ0) is 25.8. The number of carbonyl (C=O) groups is 3. The molecule has 0 fully saturated rings. The molecule has 1 atom stereocenters. The van der Waals surface area contributed by atoms with Crippen LogP contribution in [-0.4, -0.2) is 35.8 Å². The van der Waals surface area contributed by atoms with Gasteiger partial charge in [0.1, 0.15) is 6.04 Å². The Bertz CT molecular complexity index is 1560. The van der Waals surface area contributed by atoms with E-state index in [2.05, 4.69) is 10.3 Å². The van der Waals surface area contributed by atoms with E-state index < -0.39 is 12.0 Å². The molecule has 6 heteroatoms. The van der Waals surface area contributed by atoms with E-state index in [1.165, 1.54) is 7.11 Å². The van der Waals surface area contributed by atoms with Crippen molar-refractivity contribution in [2.45, 2.75) is 12.5 Å². The first-order valence-corrected chi connectivity index (χ1v) is 11.9. The number of methoxy groups -OCH3 is 1. The van der Waals surface area contributed by atoms with E-state index in [1.54, 1.807) is 36.4 Å². The van der Waals surface area contributed by atoms with E-state index in [1.807, 2.05) is 66.7 Å². The van der Waals surface area contributed by atoms with Crippen LogP contribution in [0.3, 0.4) is 0 Å². The summed E-state index contributed by atoms with van der Waals surface area (Å²) in [6.07, 6.45) is 0.208.